The molecule has 27 heavy (non-hydrogen) atoms. The minimum absolute atomic E-state index is 0.0158. The molecule has 1 aliphatic heterocycles. The zero-order valence-corrected chi connectivity index (χ0v) is 15.6. The number of nitrogens with zero attached hydrogens (tertiary/aromatic N) is 2. The second kappa shape index (κ2) is 6.04. The van der Waals surface area contributed by atoms with E-state index in [-0.39, 0.29) is 23.8 Å². The molecule has 0 saturated heterocycles. The maximum atomic E-state index is 12.7. The fourth-order valence-corrected chi connectivity index (χ4v) is 3.79. The van der Waals surface area contributed by atoms with Crippen molar-refractivity contribution in [3.8, 4) is 0 Å². The Labute approximate surface area is 157 Å². The van der Waals surface area contributed by atoms with E-state index in [2.05, 4.69) is 15.5 Å². The van der Waals surface area contributed by atoms with Crippen molar-refractivity contribution in [3.63, 3.8) is 0 Å². The van der Waals surface area contributed by atoms with Crippen LogP contribution in [0.15, 0.2) is 24.4 Å². The predicted molar refractivity (Wildman–Crippen MR) is 98.6 cm³/mol. The second-order valence-electron chi connectivity index (χ2n) is 8.16. The number of hydrogen-bond acceptors (Lipinski definition) is 4. The maximum absolute atomic E-state index is 12.7. The van der Waals surface area contributed by atoms with Crippen molar-refractivity contribution in [1.82, 2.24) is 20.4 Å². The number of H-pyrrole nitrogens is 1. The lowest BCUT2D eigenvalue weighted by atomic mass is 9.93. The Balaban J connectivity index is 1.53. The Hall–Kier alpha value is -2.96. The SMILES string of the molecule is CC(C)(C)N1C(=O)c2ccc(C(=O)NC3CCc4cn[nH]c4C3)cc2C1=O. The molecule has 140 valence electrons. The van der Waals surface area contributed by atoms with Gasteiger partial charge in [0.2, 0.25) is 0 Å². The molecule has 0 spiro atoms. The van der Waals surface area contributed by atoms with Gasteiger partial charge in [-0.05, 0) is 57.4 Å². The van der Waals surface area contributed by atoms with E-state index in [1.54, 1.807) is 12.1 Å². The van der Waals surface area contributed by atoms with Gasteiger partial charge in [-0.1, -0.05) is 0 Å². The Morgan fingerprint density at radius 1 is 1.22 bits per heavy atom. The van der Waals surface area contributed by atoms with E-state index >= 15 is 0 Å². The molecule has 1 atom stereocenters. The number of rotatable bonds is 2. The fourth-order valence-electron chi connectivity index (χ4n) is 3.79. The van der Waals surface area contributed by atoms with Crippen LogP contribution >= 0.6 is 0 Å². The van der Waals surface area contributed by atoms with Crippen LogP contribution in [0.4, 0.5) is 0 Å². The average Bonchev–Trinajstić information content (AvgIpc) is 3.16. The van der Waals surface area contributed by atoms with E-state index in [0.717, 1.165) is 18.5 Å². The standard InChI is InChI=1S/C20H22N4O3/c1-20(2,3)24-18(26)14-7-5-11(8-15(14)19(24)27)17(25)22-13-6-4-12-10-21-23-16(12)9-13/h5,7-8,10,13H,4,6,9H2,1-3H3,(H,21,23)(H,22,25). The summed E-state index contributed by atoms with van der Waals surface area (Å²) in [6.07, 6.45) is 4.26. The number of amides is 3. The molecule has 1 aliphatic carbocycles. The Morgan fingerprint density at radius 3 is 2.70 bits per heavy atom. The molecule has 2 aliphatic rings. The van der Waals surface area contributed by atoms with Gasteiger partial charge < -0.3 is 5.32 Å². The molecule has 0 radical (unpaired) electrons. The van der Waals surface area contributed by atoms with Gasteiger partial charge in [0.05, 0.1) is 17.3 Å². The molecule has 2 heterocycles. The first-order valence-corrected chi connectivity index (χ1v) is 9.10. The van der Waals surface area contributed by atoms with Gasteiger partial charge in [0.1, 0.15) is 0 Å². The number of nitrogens with one attached hydrogen (secondary N) is 2. The molecule has 0 fully saturated rings. The summed E-state index contributed by atoms with van der Waals surface area (Å²) in [6.45, 7) is 5.44. The minimum Gasteiger partial charge on any atom is -0.349 e. The van der Waals surface area contributed by atoms with Crippen LogP contribution < -0.4 is 5.32 Å². The van der Waals surface area contributed by atoms with Crippen LogP contribution in [0.2, 0.25) is 0 Å². The van der Waals surface area contributed by atoms with Crippen LogP contribution in [0.1, 0.15) is 69.5 Å². The van der Waals surface area contributed by atoms with Gasteiger partial charge in [-0.15, -0.1) is 0 Å². The lowest BCUT2D eigenvalue weighted by Gasteiger charge is -2.29. The van der Waals surface area contributed by atoms with E-state index in [1.165, 1.54) is 16.5 Å². The number of benzene rings is 1. The molecule has 4 rings (SSSR count). The van der Waals surface area contributed by atoms with Gasteiger partial charge in [0, 0.05) is 29.3 Å². The molecular formula is C20H22N4O3. The minimum atomic E-state index is -0.612. The van der Waals surface area contributed by atoms with Crippen molar-refractivity contribution < 1.29 is 14.4 Å². The summed E-state index contributed by atoms with van der Waals surface area (Å²) in [4.78, 5) is 39.2. The molecule has 3 amide bonds. The third kappa shape index (κ3) is 2.93. The normalized spacial score (nSPS) is 19.1. The number of aromatic amines is 1. The summed E-state index contributed by atoms with van der Waals surface area (Å²) in [7, 11) is 0. The lowest BCUT2D eigenvalue weighted by molar-refractivity contribution is 0.0507. The Morgan fingerprint density at radius 2 is 1.96 bits per heavy atom. The third-order valence-electron chi connectivity index (χ3n) is 5.17. The van der Waals surface area contributed by atoms with Crippen LogP contribution in [-0.4, -0.2) is 44.4 Å². The highest BCUT2D eigenvalue weighted by molar-refractivity contribution is 6.22. The molecule has 0 bridgehead atoms. The van der Waals surface area contributed by atoms with Crippen LogP contribution in [0, 0.1) is 0 Å². The lowest BCUT2D eigenvalue weighted by Crippen LogP contribution is -2.45. The summed E-state index contributed by atoms with van der Waals surface area (Å²) in [6, 6.07) is 4.73. The number of fused-ring (bicyclic) bond motifs is 2. The molecule has 0 saturated carbocycles. The molecule has 1 aromatic heterocycles. The first-order chi connectivity index (χ1) is 12.8. The van der Waals surface area contributed by atoms with Crippen molar-refractivity contribution in [2.75, 3.05) is 0 Å². The predicted octanol–water partition coefficient (Wildman–Crippen LogP) is 2.09. The first kappa shape index (κ1) is 17.5. The van der Waals surface area contributed by atoms with Crippen LogP contribution in [0.3, 0.4) is 0 Å². The number of carbonyl (C=O) groups is 3. The number of carbonyl (C=O) groups excluding carboxylic acids is 3. The largest absolute Gasteiger partial charge is 0.349 e. The van der Waals surface area contributed by atoms with Crippen molar-refractivity contribution in [2.24, 2.45) is 0 Å². The molecule has 1 aromatic carbocycles. The van der Waals surface area contributed by atoms with E-state index in [9.17, 15) is 14.4 Å². The monoisotopic (exact) mass is 366 g/mol. The zero-order chi connectivity index (χ0) is 19.3. The Bertz CT molecular complexity index is 954. The van der Waals surface area contributed by atoms with Crippen molar-refractivity contribution >= 4 is 17.7 Å². The van der Waals surface area contributed by atoms with E-state index < -0.39 is 5.54 Å². The summed E-state index contributed by atoms with van der Waals surface area (Å²) in [5.41, 5.74) is 2.68. The molecule has 2 N–H and O–H groups in total. The van der Waals surface area contributed by atoms with Gasteiger partial charge in [-0.2, -0.15) is 5.10 Å². The molecule has 1 unspecified atom stereocenters. The molecular weight excluding hydrogens is 344 g/mol. The molecule has 7 heteroatoms. The van der Waals surface area contributed by atoms with Gasteiger partial charge in [0.25, 0.3) is 17.7 Å². The average molecular weight is 366 g/mol. The van der Waals surface area contributed by atoms with Crippen LogP contribution in [0.25, 0.3) is 0 Å². The first-order valence-electron chi connectivity index (χ1n) is 9.10. The van der Waals surface area contributed by atoms with Gasteiger partial charge in [-0.3, -0.25) is 24.4 Å². The highest BCUT2D eigenvalue weighted by atomic mass is 16.2. The van der Waals surface area contributed by atoms with Crippen molar-refractivity contribution in [3.05, 3.63) is 52.3 Å². The number of imide groups is 1. The zero-order valence-electron chi connectivity index (χ0n) is 15.6. The van der Waals surface area contributed by atoms with Gasteiger partial charge >= 0.3 is 0 Å². The highest BCUT2D eigenvalue weighted by Gasteiger charge is 2.42. The summed E-state index contributed by atoms with van der Waals surface area (Å²) in [5, 5.41) is 10.0. The maximum Gasteiger partial charge on any atom is 0.262 e. The number of aromatic nitrogens is 2. The van der Waals surface area contributed by atoms with Gasteiger partial charge in [0.15, 0.2) is 0 Å². The van der Waals surface area contributed by atoms with Crippen molar-refractivity contribution in [1.29, 1.82) is 0 Å². The highest BCUT2D eigenvalue weighted by Crippen LogP contribution is 2.30. The second-order valence-corrected chi connectivity index (χ2v) is 8.16. The smallest absolute Gasteiger partial charge is 0.262 e. The van der Waals surface area contributed by atoms with Crippen LogP contribution in [0.5, 0.6) is 0 Å². The summed E-state index contributed by atoms with van der Waals surface area (Å²) in [5.74, 6) is -0.898. The van der Waals surface area contributed by atoms with E-state index in [4.69, 9.17) is 0 Å². The van der Waals surface area contributed by atoms with Gasteiger partial charge in [-0.25, -0.2) is 0 Å². The topological polar surface area (TPSA) is 95.2 Å². The van der Waals surface area contributed by atoms with Crippen molar-refractivity contribution in [2.45, 2.75) is 51.6 Å². The fraction of sp³-hybridized carbons (Fsp3) is 0.400. The Kier molecular flexibility index (Phi) is 3.91. The summed E-state index contributed by atoms with van der Waals surface area (Å²) < 4.78 is 0. The number of hydrogen-bond donors (Lipinski definition) is 2. The quantitative estimate of drug-likeness (QED) is 0.796. The summed E-state index contributed by atoms with van der Waals surface area (Å²) >= 11 is 0. The van der Waals surface area contributed by atoms with E-state index in [1.807, 2.05) is 27.0 Å². The van der Waals surface area contributed by atoms with E-state index in [0.29, 0.717) is 23.1 Å². The number of aryl methyl sites for hydroxylation is 1. The third-order valence-corrected chi connectivity index (χ3v) is 5.17. The molecule has 7 nitrogen and oxygen atoms in total. The molecule has 2 aromatic rings. The van der Waals surface area contributed by atoms with Crippen LogP contribution in [-0.2, 0) is 12.8 Å².